The summed E-state index contributed by atoms with van der Waals surface area (Å²) in [6.45, 7) is 1.78. The summed E-state index contributed by atoms with van der Waals surface area (Å²) in [5.41, 5.74) is 1.07. The van der Waals surface area contributed by atoms with Crippen LogP contribution in [0.25, 0.3) is 0 Å². The number of pyridine rings is 1. The Kier molecular flexibility index (Phi) is 3.89. The molecule has 20 heavy (non-hydrogen) atoms. The molecule has 7 heteroatoms. The van der Waals surface area contributed by atoms with Crippen LogP contribution in [-0.2, 0) is 10.0 Å². The molecule has 0 aliphatic heterocycles. The fourth-order valence-electron chi connectivity index (χ4n) is 1.71. The third-order valence-electron chi connectivity index (χ3n) is 2.63. The standard InChI is InChI=1S/C13H13FN2O3S/c1-9-8-10(5-6-12(9)19-2)16-20(17,18)13-11(14)4-3-7-15-13/h3-8,16H,1-2H3. The summed E-state index contributed by atoms with van der Waals surface area (Å²) in [6.07, 6.45) is 1.22. The van der Waals surface area contributed by atoms with Gasteiger partial charge in [0.05, 0.1) is 7.11 Å². The number of anilines is 1. The van der Waals surface area contributed by atoms with Gasteiger partial charge in [-0.1, -0.05) is 0 Å². The molecule has 106 valence electrons. The van der Waals surface area contributed by atoms with E-state index < -0.39 is 20.9 Å². The van der Waals surface area contributed by atoms with Crippen LogP contribution in [0.4, 0.5) is 10.1 Å². The van der Waals surface area contributed by atoms with Gasteiger partial charge in [-0.15, -0.1) is 0 Å². The van der Waals surface area contributed by atoms with Crippen LogP contribution in [0, 0.1) is 12.7 Å². The van der Waals surface area contributed by atoms with E-state index in [0.29, 0.717) is 11.4 Å². The van der Waals surface area contributed by atoms with Gasteiger partial charge in [-0.3, -0.25) is 4.72 Å². The molecule has 1 aromatic carbocycles. The molecule has 2 aromatic rings. The lowest BCUT2D eigenvalue weighted by atomic mass is 10.2. The molecule has 0 bridgehead atoms. The normalized spacial score (nSPS) is 11.2. The number of hydrogen-bond acceptors (Lipinski definition) is 4. The van der Waals surface area contributed by atoms with Gasteiger partial charge < -0.3 is 4.74 Å². The summed E-state index contributed by atoms with van der Waals surface area (Å²) in [4.78, 5) is 3.55. The van der Waals surface area contributed by atoms with Crippen LogP contribution < -0.4 is 9.46 Å². The number of aryl methyl sites for hydroxylation is 1. The Labute approximate surface area is 116 Å². The first-order valence-corrected chi connectivity index (χ1v) is 7.20. The quantitative estimate of drug-likeness (QED) is 0.940. The number of nitrogens with zero attached hydrogens (tertiary/aromatic N) is 1. The van der Waals surface area contributed by atoms with Crippen molar-refractivity contribution >= 4 is 15.7 Å². The molecule has 2 rings (SSSR count). The highest BCUT2D eigenvalue weighted by Gasteiger charge is 2.20. The molecule has 1 N–H and O–H groups in total. The van der Waals surface area contributed by atoms with Crippen LogP contribution in [0.5, 0.6) is 5.75 Å². The summed E-state index contributed by atoms with van der Waals surface area (Å²) >= 11 is 0. The summed E-state index contributed by atoms with van der Waals surface area (Å²) in [5.74, 6) is -0.262. The molecular formula is C13H13FN2O3S. The van der Waals surface area contributed by atoms with E-state index in [9.17, 15) is 12.8 Å². The third kappa shape index (κ3) is 2.88. The average Bonchev–Trinajstić information content (AvgIpc) is 2.38. The smallest absolute Gasteiger partial charge is 0.282 e. The van der Waals surface area contributed by atoms with E-state index in [2.05, 4.69) is 9.71 Å². The van der Waals surface area contributed by atoms with Gasteiger partial charge in [-0.05, 0) is 42.8 Å². The van der Waals surface area contributed by atoms with Crippen molar-refractivity contribution in [1.29, 1.82) is 0 Å². The first kappa shape index (κ1) is 14.3. The Bertz CT molecular complexity index is 732. The van der Waals surface area contributed by atoms with E-state index in [0.717, 1.165) is 11.6 Å². The Balaban J connectivity index is 2.34. The number of ether oxygens (including phenoxy) is 1. The third-order valence-corrected chi connectivity index (χ3v) is 3.94. The minimum atomic E-state index is -4.06. The number of sulfonamides is 1. The molecular weight excluding hydrogens is 283 g/mol. The lowest BCUT2D eigenvalue weighted by Crippen LogP contribution is -2.16. The van der Waals surface area contributed by atoms with Gasteiger partial charge in [0.15, 0.2) is 5.82 Å². The van der Waals surface area contributed by atoms with E-state index in [4.69, 9.17) is 4.74 Å². The number of halogens is 1. The van der Waals surface area contributed by atoms with Crippen molar-refractivity contribution in [2.75, 3.05) is 11.8 Å². The molecule has 1 heterocycles. The van der Waals surface area contributed by atoms with Crippen molar-refractivity contribution in [3.8, 4) is 5.75 Å². The zero-order valence-corrected chi connectivity index (χ0v) is 11.7. The van der Waals surface area contributed by atoms with Gasteiger partial charge in [0.25, 0.3) is 10.0 Å². The van der Waals surface area contributed by atoms with Crippen LogP contribution in [0.1, 0.15) is 5.56 Å². The lowest BCUT2D eigenvalue weighted by molar-refractivity contribution is 0.412. The van der Waals surface area contributed by atoms with Gasteiger partial charge >= 0.3 is 0 Å². The van der Waals surface area contributed by atoms with E-state index in [-0.39, 0.29) is 0 Å². The maximum atomic E-state index is 13.5. The van der Waals surface area contributed by atoms with Crippen LogP contribution in [-0.4, -0.2) is 20.5 Å². The van der Waals surface area contributed by atoms with Gasteiger partial charge in [-0.2, -0.15) is 8.42 Å². The fourth-order valence-corrected chi connectivity index (χ4v) is 2.77. The van der Waals surface area contributed by atoms with E-state index in [1.807, 2.05) is 0 Å². The molecule has 0 saturated heterocycles. The molecule has 0 saturated carbocycles. The second-order valence-corrected chi connectivity index (χ2v) is 5.68. The molecule has 0 spiro atoms. The minimum Gasteiger partial charge on any atom is -0.496 e. The molecule has 5 nitrogen and oxygen atoms in total. The maximum Gasteiger partial charge on any atom is 0.282 e. The Hall–Kier alpha value is -2.15. The lowest BCUT2D eigenvalue weighted by Gasteiger charge is -2.10. The van der Waals surface area contributed by atoms with Gasteiger partial charge in [0.2, 0.25) is 5.03 Å². The molecule has 0 unspecified atom stereocenters. The van der Waals surface area contributed by atoms with Crippen LogP contribution in [0.2, 0.25) is 0 Å². The highest BCUT2D eigenvalue weighted by Crippen LogP contribution is 2.23. The van der Waals surface area contributed by atoms with Gasteiger partial charge in [0.1, 0.15) is 5.75 Å². The highest BCUT2D eigenvalue weighted by atomic mass is 32.2. The Morgan fingerprint density at radius 3 is 2.65 bits per heavy atom. The second-order valence-electron chi connectivity index (χ2n) is 4.08. The summed E-state index contributed by atoms with van der Waals surface area (Å²) < 4.78 is 44.9. The molecule has 0 amide bonds. The number of benzene rings is 1. The van der Waals surface area contributed by atoms with Gasteiger partial charge in [-0.25, -0.2) is 9.37 Å². The number of methoxy groups -OCH3 is 1. The number of nitrogens with one attached hydrogen (secondary N) is 1. The molecule has 0 radical (unpaired) electrons. The molecule has 0 aliphatic rings. The Morgan fingerprint density at radius 2 is 2.05 bits per heavy atom. The second kappa shape index (κ2) is 5.46. The first-order valence-electron chi connectivity index (χ1n) is 5.72. The van der Waals surface area contributed by atoms with E-state index >= 15 is 0 Å². The van der Waals surface area contributed by atoms with Crippen molar-refractivity contribution in [3.63, 3.8) is 0 Å². The van der Waals surface area contributed by atoms with E-state index in [1.54, 1.807) is 19.1 Å². The maximum absolute atomic E-state index is 13.5. The zero-order valence-electron chi connectivity index (χ0n) is 10.9. The monoisotopic (exact) mass is 296 g/mol. The fraction of sp³-hybridized carbons (Fsp3) is 0.154. The Morgan fingerprint density at radius 1 is 1.30 bits per heavy atom. The van der Waals surface area contributed by atoms with Gasteiger partial charge in [0, 0.05) is 11.9 Å². The number of hydrogen-bond donors (Lipinski definition) is 1. The highest BCUT2D eigenvalue weighted by molar-refractivity contribution is 7.92. The molecule has 0 fully saturated rings. The SMILES string of the molecule is COc1ccc(NS(=O)(=O)c2ncccc2F)cc1C. The van der Waals surface area contributed by atoms with Crippen molar-refractivity contribution in [3.05, 3.63) is 47.9 Å². The van der Waals surface area contributed by atoms with Crippen molar-refractivity contribution in [2.24, 2.45) is 0 Å². The van der Waals surface area contributed by atoms with Crippen LogP contribution >= 0.6 is 0 Å². The van der Waals surface area contributed by atoms with Crippen LogP contribution in [0.3, 0.4) is 0 Å². The molecule has 1 aromatic heterocycles. The zero-order chi connectivity index (χ0) is 14.8. The number of aromatic nitrogens is 1. The summed E-state index contributed by atoms with van der Waals surface area (Å²) in [7, 11) is -2.53. The van der Waals surface area contributed by atoms with Crippen LogP contribution in [0.15, 0.2) is 41.6 Å². The molecule has 0 aliphatic carbocycles. The number of rotatable bonds is 4. The predicted octanol–water partition coefficient (Wildman–Crippen LogP) is 2.34. The first-order chi connectivity index (χ1) is 9.44. The van der Waals surface area contributed by atoms with Crippen molar-refractivity contribution in [2.45, 2.75) is 11.9 Å². The van der Waals surface area contributed by atoms with E-state index in [1.165, 1.54) is 25.4 Å². The minimum absolute atomic E-state index is 0.313. The molecule has 0 atom stereocenters. The summed E-state index contributed by atoms with van der Waals surface area (Å²) in [6, 6.07) is 7.12. The van der Waals surface area contributed by atoms with Crippen molar-refractivity contribution in [1.82, 2.24) is 4.98 Å². The predicted molar refractivity (Wildman–Crippen MR) is 72.7 cm³/mol. The summed E-state index contributed by atoms with van der Waals surface area (Å²) in [5, 5.41) is -0.631. The topological polar surface area (TPSA) is 68.3 Å². The largest absolute Gasteiger partial charge is 0.496 e. The average molecular weight is 296 g/mol. The van der Waals surface area contributed by atoms with Crippen molar-refractivity contribution < 1.29 is 17.5 Å².